The van der Waals surface area contributed by atoms with E-state index in [0.717, 1.165) is 17.8 Å². The van der Waals surface area contributed by atoms with E-state index in [1.165, 1.54) is 25.8 Å². The van der Waals surface area contributed by atoms with E-state index in [4.69, 9.17) is 0 Å². The molecule has 0 saturated heterocycles. The first kappa shape index (κ1) is 12.1. The number of nitrogens with zero attached hydrogens (tertiary/aromatic N) is 1. The van der Waals surface area contributed by atoms with Gasteiger partial charge in [0, 0.05) is 18.4 Å². The van der Waals surface area contributed by atoms with Crippen molar-refractivity contribution in [2.24, 2.45) is 0 Å². The molecule has 0 amide bonds. The summed E-state index contributed by atoms with van der Waals surface area (Å²) in [7, 11) is 2.22. The first-order chi connectivity index (χ1) is 7.81. The molecule has 0 bridgehead atoms. The zero-order valence-electron chi connectivity index (χ0n) is 9.95. The summed E-state index contributed by atoms with van der Waals surface area (Å²) in [5.41, 5.74) is 3.17. The minimum Gasteiger partial charge on any atom is -0.305 e. The molecular weight excluding hydrogens is 262 g/mol. The number of fused-ring (bicyclic) bond motifs is 1. The second-order valence-corrected chi connectivity index (χ2v) is 5.53. The Balaban J connectivity index is 2.07. The molecule has 1 unspecified atom stereocenters. The molecule has 0 radical (unpaired) electrons. The number of hydrogen-bond acceptors (Lipinski definition) is 1. The summed E-state index contributed by atoms with van der Waals surface area (Å²) in [6.45, 7) is 2.33. The van der Waals surface area contributed by atoms with Crippen molar-refractivity contribution < 1.29 is 0 Å². The highest BCUT2D eigenvalue weighted by atomic mass is 79.9. The van der Waals surface area contributed by atoms with Crippen LogP contribution in [-0.2, 0) is 6.42 Å². The van der Waals surface area contributed by atoms with Crippen LogP contribution in [0.1, 0.15) is 29.9 Å². The highest BCUT2D eigenvalue weighted by molar-refractivity contribution is 9.09. The van der Waals surface area contributed by atoms with Crippen LogP contribution in [0, 0.1) is 0 Å². The van der Waals surface area contributed by atoms with Crippen LogP contribution in [0.3, 0.4) is 0 Å². The van der Waals surface area contributed by atoms with Crippen molar-refractivity contribution in [1.29, 1.82) is 0 Å². The van der Waals surface area contributed by atoms with Gasteiger partial charge >= 0.3 is 0 Å². The smallest absolute Gasteiger partial charge is 0.0159 e. The van der Waals surface area contributed by atoms with Crippen LogP contribution >= 0.6 is 15.9 Å². The van der Waals surface area contributed by atoms with Crippen LogP contribution < -0.4 is 0 Å². The zero-order chi connectivity index (χ0) is 11.4. The van der Waals surface area contributed by atoms with E-state index < -0.39 is 0 Å². The van der Waals surface area contributed by atoms with Crippen molar-refractivity contribution >= 4 is 15.9 Å². The third-order valence-electron chi connectivity index (χ3n) is 3.49. The largest absolute Gasteiger partial charge is 0.305 e. The standard InChI is InChI=1S/C14H20BrN/c1-16(10-9-15)11-13-7-4-6-12-5-2-3-8-14(12)13/h2-3,5,8,13H,4,6-7,9-11H2,1H3. The van der Waals surface area contributed by atoms with E-state index in [-0.39, 0.29) is 0 Å². The Bertz CT molecular complexity index is 337. The van der Waals surface area contributed by atoms with Gasteiger partial charge < -0.3 is 4.90 Å². The van der Waals surface area contributed by atoms with Crippen molar-refractivity contribution in [3.63, 3.8) is 0 Å². The summed E-state index contributed by atoms with van der Waals surface area (Å²) >= 11 is 3.50. The Kier molecular flexibility index (Phi) is 4.42. The Hall–Kier alpha value is -0.340. The van der Waals surface area contributed by atoms with Crippen molar-refractivity contribution in [3.8, 4) is 0 Å². The average molecular weight is 282 g/mol. The Morgan fingerprint density at radius 3 is 3.00 bits per heavy atom. The SMILES string of the molecule is CN(CCBr)CC1CCCc2ccccc21. The van der Waals surface area contributed by atoms with Crippen molar-refractivity contribution in [1.82, 2.24) is 4.90 Å². The summed E-state index contributed by atoms with van der Waals surface area (Å²) in [6.07, 6.45) is 3.97. The van der Waals surface area contributed by atoms with Crippen molar-refractivity contribution in [2.75, 3.05) is 25.5 Å². The van der Waals surface area contributed by atoms with Gasteiger partial charge in [0.2, 0.25) is 0 Å². The number of halogens is 1. The van der Waals surface area contributed by atoms with E-state index in [2.05, 4.69) is 52.1 Å². The molecule has 0 saturated carbocycles. The highest BCUT2D eigenvalue weighted by Crippen LogP contribution is 2.31. The Labute approximate surface area is 107 Å². The topological polar surface area (TPSA) is 3.24 Å². The predicted molar refractivity (Wildman–Crippen MR) is 73.4 cm³/mol. The molecule has 16 heavy (non-hydrogen) atoms. The van der Waals surface area contributed by atoms with Crippen LogP contribution in [0.2, 0.25) is 0 Å². The number of rotatable bonds is 4. The van der Waals surface area contributed by atoms with E-state index >= 15 is 0 Å². The Morgan fingerprint density at radius 1 is 1.38 bits per heavy atom. The van der Waals surface area contributed by atoms with Gasteiger partial charge in [-0.3, -0.25) is 0 Å². The minimum absolute atomic E-state index is 0.744. The summed E-state index contributed by atoms with van der Waals surface area (Å²) in [5.74, 6) is 0.744. The molecule has 2 rings (SSSR count). The van der Waals surface area contributed by atoms with Gasteiger partial charge in [0.1, 0.15) is 0 Å². The fourth-order valence-electron chi connectivity index (χ4n) is 2.66. The van der Waals surface area contributed by atoms with Crippen LogP contribution in [0.15, 0.2) is 24.3 Å². The molecule has 0 aliphatic heterocycles. The van der Waals surface area contributed by atoms with E-state index in [1.807, 2.05) is 0 Å². The molecule has 1 aliphatic carbocycles. The molecule has 0 aromatic heterocycles. The lowest BCUT2D eigenvalue weighted by molar-refractivity contribution is 0.314. The summed E-state index contributed by atoms with van der Waals surface area (Å²) in [4.78, 5) is 2.43. The zero-order valence-corrected chi connectivity index (χ0v) is 11.5. The lowest BCUT2D eigenvalue weighted by atomic mass is 9.82. The van der Waals surface area contributed by atoms with Crippen LogP contribution in [0.25, 0.3) is 0 Å². The average Bonchev–Trinajstić information content (AvgIpc) is 2.30. The van der Waals surface area contributed by atoms with Gasteiger partial charge in [-0.05, 0) is 43.4 Å². The maximum atomic E-state index is 3.50. The van der Waals surface area contributed by atoms with E-state index in [1.54, 1.807) is 11.1 Å². The number of alkyl halides is 1. The molecule has 0 fully saturated rings. The molecule has 0 spiro atoms. The third kappa shape index (κ3) is 2.86. The third-order valence-corrected chi connectivity index (χ3v) is 3.85. The fraction of sp³-hybridized carbons (Fsp3) is 0.571. The fourth-order valence-corrected chi connectivity index (χ4v) is 3.26. The molecule has 88 valence electrons. The number of aryl methyl sites for hydroxylation is 1. The normalized spacial score (nSPS) is 19.8. The first-order valence-electron chi connectivity index (χ1n) is 6.13. The maximum Gasteiger partial charge on any atom is 0.0159 e. The predicted octanol–water partition coefficient (Wildman–Crippen LogP) is 3.43. The lowest BCUT2D eigenvalue weighted by Crippen LogP contribution is -2.28. The molecule has 1 atom stereocenters. The number of hydrogen-bond donors (Lipinski definition) is 0. The molecule has 2 heteroatoms. The second-order valence-electron chi connectivity index (χ2n) is 4.74. The maximum absolute atomic E-state index is 3.50. The number of benzene rings is 1. The Morgan fingerprint density at radius 2 is 2.19 bits per heavy atom. The first-order valence-corrected chi connectivity index (χ1v) is 7.25. The van der Waals surface area contributed by atoms with Gasteiger partial charge in [-0.1, -0.05) is 40.2 Å². The van der Waals surface area contributed by atoms with Crippen LogP contribution in [0.4, 0.5) is 0 Å². The van der Waals surface area contributed by atoms with Crippen LogP contribution in [-0.4, -0.2) is 30.4 Å². The summed E-state index contributed by atoms with van der Waals surface area (Å²) < 4.78 is 0. The number of likely N-dealkylation sites (N-methyl/N-ethyl adjacent to an activating group) is 1. The highest BCUT2D eigenvalue weighted by Gasteiger charge is 2.20. The molecular formula is C14H20BrN. The van der Waals surface area contributed by atoms with Gasteiger partial charge in [0.25, 0.3) is 0 Å². The molecule has 1 aromatic rings. The second kappa shape index (κ2) is 5.83. The van der Waals surface area contributed by atoms with Gasteiger partial charge in [-0.25, -0.2) is 0 Å². The monoisotopic (exact) mass is 281 g/mol. The lowest BCUT2D eigenvalue weighted by Gasteiger charge is -2.29. The molecule has 1 aliphatic rings. The summed E-state index contributed by atoms with van der Waals surface area (Å²) in [6, 6.07) is 8.97. The summed E-state index contributed by atoms with van der Waals surface area (Å²) in [5, 5.41) is 1.07. The van der Waals surface area contributed by atoms with E-state index in [9.17, 15) is 0 Å². The van der Waals surface area contributed by atoms with E-state index in [0.29, 0.717) is 0 Å². The van der Waals surface area contributed by atoms with Gasteiger partial charge in [0.15, 0.2) is 0 Å². The van der Waals surface area contributed by atoms with Crippen molar-refractivity contribution in [3.05, 3.63) is 35.4 Å². The molecule has 1 nitrogen and oxygen atoms in total. The van der Waals surface area contributed by atoms with Gasteiger partial charge in [-0.15, -0.1) is 0 Å². The van der Waals surface area contributed by atoms with Gasteiger partial charge in [0.05, 0.1) is 0 Å². The van der Waals surface area contributed by atoms with Crippen LogP contribution in [0.5, 0.6) is 0 Å². The molecule has 0 N–H and O–H groups in total. The molecule has 1 aromatic carbocycles. The van der Waals surface area contributed by atoms with Gasteiger partial charge in [-0.2, -0.15) is 0 Å². The quantitative estimate of drug-likeness (QED) is 0.765. The minimum atomic E-state index is 0.744. The van der Waals surface area contributed by atoms with Crippen molar-refractivity contribution in [2.45, 2.75) is 25.2 Å². The molecule has 0 heterocycles.